The number of amides is 2. The van der Waals surface area contributed by atoms with Crippen molar-refractivity contribution < 1.29 is 14.3 Å². The molecule has 230 valence electrons. The number of imidazole rings is 1. The van der Waals surface area contributed by atoms with Gasteiger partial charge in [-0.15, -0.1) is 0 Å². The van der Waals surface area contributed by atoms with E-state index in [2.05, 4.69) is 33.4 Å². The van der Waals surface area contributed by atoms with Gasteiger partial charge in [0, 0.05) is 63.2 Å². The molecule has 2 saturated carbocycles. The minimum absolute atomic E-state index is 0.0170. The molecule has 0 spiro atoms. The summed E-state index contributed by atoms with van der Waals surface area (Å²) in [5.41, 5.74) is 12.5. The monoisotopic (exact) mass is 594 g/mol. The van der Waals surface area contributed by atoms with Crippen molar-refractivity contribution in [2.45, 2.75) is 70.0 Å². The zero-order valence-corrected chi connectivity index (χ0v) is 26.0. The fourth-order valence-corrected chi connectivity index (χ4v) is 8.39. The number of ether oxygens (including phenoxy) is 1. The highest BCUT2D eigenvalue weighted by molar-refractivity contribution is 6.00. The van der Waals surface area contributed by atoms with E-state index in [4.69, 9.17) is 15.5 Å². The van der Waals surface area contributed by atoms with Crippen molar-refractivity contribution in [2.75, 3.05) is 26.7 Å². The number of likely N-dealkylation sites (tertiary alicyclic amines) is 2. The van der Waals surface area contributed by atoms with Crippen LogP contribution in [0.4, 0.5) is 0 Å². The summed E-state index contributed by atoms with van der Waals surface area (Å²) in [5, 5.41) is 1.22. The molecule has 2 aromatic carbocycles. The van der Waals surface area contributed by atoms with Gasteiger partial charge in [0.05, 0.1) is 23.8 Å². The van der Waals surface area contributed by atoms with Crippen LogP contribution in [0, 0.1) is 11.8 Å². The molecule has 4 aromatic rings. The maximum atomic E-state index is 13.8. The van der Waals surface area contributed by atoms with E-state index >= 15 is 0 Å². The zero-order valence-electron chi connectivity index (χ0n) is 26.0. The topological polar surface area (TPSA) is 98.6 Å². The molecule has 2 aliphatic heterocycles. The predicted octanol–water partition coefficient (Wildman–Crippen LogP) is 4.90. The van der Waals surface area contributed by atoms with E-state index in [1.54, 1.807) is 14.0 Å². The molecule has 2 amide bonds. The molecule has 9 nitrogen and oxygen atoms in total. The smallest absolute Gasteiger partial charge is 0.254 e. The maximum Gasteiger partial charge on any atom is 0.254 e. The number of nitrogens with zero attached hydrogens (tertiary/aromatic N) is 5. The number of carbonyl (C=O) groups is 2. The van der Waals surface area contributed by atoms with Crippen molar-refractivity contribution >= 4 is 33.8 Å². The number of hydrogen-bond donors (Lipinski definition) is 1. The Labute approximate surface area is 257 Å². The SMILES string of the molecule is COc1cc(C(=O)N2C[C@H]3CC[C@@H]2[C@@H]3N)cc2nc(-c3cc4cccc(C5CCN(C(C)=O)CC5)c4n3CC3CC3)n(C)c12. The Hall–Kier alpha value is -3.85. The van der Waals surface area contributed by atoms with Gasteiger partial charge in [-0.05, 0) is 80.0 Å². The lowest BCUT2D eigenvalue weighted by molar-refractivity contribution is -0.129. The number of benzene rings is 2. The quantitative estimate of drug-likeness (QED) is 0.342. The Bertz CT molecular complexity index is 1790. The molecule has 44 heavy (non-hydrogen) atoms. The number of para-hydroxylation sites is 1. The van der Waals surface area contributed by atoms with Gasteiger partial charge in [-0.3, -0.25) is 9.59 Å². The summed E-state index contributed by atoms with van der Waals surface area (Å²) in [4.78, 5) is 34.9. The number of hydrogen-bond acceptors (Lipinski definition) is 5. The van der Waals surface area contributed by atoms with Crippen molar-refractivity contribution in [3.63, 3.8) is 0 Å². The summed E-state index contributed by atoms with van der Waals surface area (Å²) in [7, 11) is 3.71. The van der Waals surface area contributed by atoms with Crippen molar-refractivity contribution in [2.24, 2.45) is 24.6 Å². The van der Waals surface area contributed by atoms with Crippen LogP contribution in [0.2, 0.25) is 0 Å². The van der Waals surface area contributed by atoms with Gasteiger partial charge in [-0.1, -0.05) is 18.2 Å². The normalized spacial score (nSPS) is 23.8. The Balaban J connectivity index is 1.22. The molecule has 8 rings (SSSR count). The highest BCUT2D eigenvalue weighted by Crippen LogP contribution is 2.42. The molecule has 0 unspecified atom stereocenters. The van der Waals surface area contributed by atoms with Gasteiger partial charge in [0.25, 0.3) is 5.91 Å². The Morgan fingerprint density at radius 1 is 1.02 bits per heavy atom. The number of aromatic nitrogens is 3. The maximum absolute atomic E-state index is 13.8. The number of carbonyl (C=O) groups excluding carboxylic acids is 2. The summed E-state index contributed by atoms with van der Waals surface area (Å²) >= 11 is 0. The van der Waals surface area contributed by atoms with Gasteiger partial charge in [0.15, 0.2) is 5.82 Å². The van der Waals surface area contributed by atoms with Gasteiger partial charge in [-0.2, -0.15) is 0 Å². The lowest BCUT2D eigenvalue weighted by Gasteiger charge is -2.32. The largest absolute Gasteiger partial charge is 0.494 e. The van der Waals surface area contributed by atoms with Crippen molar-refractivity contribution in [3.8, 4) is 17.3 Å². The Kier molecular flexibility index (Phi) is 6.52. The first-order valence-electron chi connectivity index (χ1n) is 16.3. The molecule has 2 aliphatic carbocycles. The number of methoxy groups -OCH3 is 1. The molecule has 2 aromatic heterocycles. The van der Waals surface area contributed by atoms with Crippen LogP contribution in [-0.2, 0) is 18.4 Å². The second-order valence-corrected chi connectivity index (χ2v) is 13.6. The molecule has 4 fully saturated rings. The highest BCUT2D eigenvalue weighted by atomic mass is 16.5. The van der Waals surface area contributed by atoms with Gasteiger partial charge < -0.3 is 29.4 Å². The van der Waals surface area contributed by atoms with E-state index in [9.17, 15) is 9.59 Å². The van der Waals surface area contributed by atoms with Gasteiger partial charge in [0.2, 0.25) is 5.91 Å². The number of piperidine rings is 2. The summed E-state index contributed by atoms with van der Waals surface area (Å²) in [6.07, 6.45) is 6.55. The number of aryl methyl sites for hydroxylation is 1. The molecular weight excluding hydrogens is 552 g/mol. The Morgan fingerprint density at radius 3 is 2.48 bits per heavy atom. The second kappa shape index (κ2) is 10.4. The molecule has 4 heterocycles. The van der Waals surface area contributed by atoms with Crippen LogP contribution >= 0.6 is 0 Å². The summed E-state index contributed by atoms with van der Waals surface area (Å²) < 4.78 is 10.5. The first-order chi connectivity index (χ1) is 21.3. The van der Waals surface area contributed by atoms with E-state index in [0.717, 1.165) is 74.4 Å². The third kappa shape index (κ3) is 4.34. The predicted molar refractivity (Wildman–Crippen MR) is 171 cm³/mol. The highest BCUT2D eigenvalue weighted by Gasteiger charge is 2.47. The molecule has 3 atom stereocenters. The standard InChI is InChI=1S/C35H42N6O3/c1-20(42)39-13-11-22(12-14-39)26-6-4-5-23-16-29(40(32(23)26)18-21-7-8-21)34-37-27-15-25(17-30(44-3)33(27)38(34)2)35(43)41-19-24-9-10-28(41)31(24)36/h4-6,15-17,21-22,24,28,31H,7-14,18-19,36H2,1-3H3/t24-,28-,31-/m1/s1. The van der Waals surface area contributed by atoms with E-state index < -0.39 is 0 Å². The number of rotatable bonds is 6. The van der Waals surface area contributed by atoms with E-state index in [1.165, 1.54) is 29.3 Å². The minimum atomic E-state index is 0.0170. The van der Waals surface area contributed by atoms with Gasteiger partial charge in [-0.25, -0.2) is 4.98 Å². The minimum Gasteiger partial charge on any atom is -0.494 e. The summed E-state index contributed by atoms with van der Waals surface area (Å²) in [6.45, 7) is 4.98. The lowest BCUT2D eigenvalue weighted by Crippen LogP contribution is -2.41. The fourth-order valence-electron chi connectivity index (χ4n) is 8.39. The van der Waals surface area contributed by atoms with E-state index in [0.29, 0.717) is 29.1 Å². The number of fused-ring (bicyclic) bond motifs is 4. The first kappa shape index (κ1) is 27.7. The average Bonchev–Trinajstić information content (AvgIpc) is 3.42. The molecular formula is C35H42N6O3. The van der Waals surface area contributed by atoms with Crippen molar-refractivity contribution in [3.05, 3.63) is 47.5 Å². The third-order valence-corrected chi connectivity index (χ3v) is 11.0. The van der Waals surface area contributed by atoms with E-state index in [1.807, 2.05) is 29.0 Å². The van der Waals surface area contributed by atoms with Crippen LogP contribution in [-0.4, -0.2) is 74.6 Å². The molecule has 2 bridgehead atoms. The van der Waals surface area contributed by atoms with Crippen LogP contribution in [0.3, 0.4) is 0 Å². The lowest BCUT2D eigenvalue weighted by atomic mass is 9.88. The molecule has 4 aliphatic rings. The van der Waals surface area contributed by atoms with Gasteiger partial charge >= 0.3 is 0 Å². The third-order valence-electron chi connectivity index (χ3n) is 11.0. The van der Waals surface area contributed by atoms with Crippen LogP contribution in [0.1, 0.15) is 67.3 Å². The van der Waals surface area contributed by atoms with Crippen LogP contribution in [0.15, 0.2) is 36.4 Å². The summed E-state index contributed by atoms with van der Waals surface area (Å²) in [5.74, 6) is 3.20. The van der Waals surface area contributed by atoms with Crippen molar-refractivity contribution in [1.29, 1.82) is 0 Å². The van der Waals surface area contributed by atoms with Gasteiger partial charge in [0.1, 0.15) is 11.3 Å². The Morgan fingerprint density at radius 2 is 1.82 bits per heavy atom. The summed E-state index contributed by atoms with van der Waals surface area (Å²) in [6, 6.07) is 13.0. The molecule has 9 heteroatoms. The van der Waals surface area contributed by atoms with Crippen LogP contribution in [0.25, 0.3) is 33.5 Å². The molecule has 0 radical (unpaired) electrons. The molecule has 2 saturated heterocycles. The van der Waals surface area contributed by atoms with E-state index in [-0.39, 0.29) is 23.9 Å². The first-order valence-corrected chi connectivity index (χ1v) is 16.3. The van der Waals surface area contributed by atoms with Crippen LogP contribution in [0.5, 0.6) is 5.75 Å². The fraction of sp³-hybridized carbons (Fsp3) is 0.514. The number of nitrogens with two attached hydrogens (primary N) is 1. The average molecular weight is 595 g/mol. The van der Waals surface area contributed by atoms with Crippen molar-refractivity contribution in [1.82, 2.24) is 23.9 Å². The second-order valence-electron chi connectivity index (χ2n) is 13.6. The van der Waals surface area contributed by atoms with Crippen LogP contribution < -0.4 is 10.5 Å². The molecule has 2 N–H and O–H groups in total. The zero-order chi connectivity index (χ0) is 30.3.